The first-order valence-electron chi connectivity index (χ1n) is 9.84. The van der Waals surface area contributed by atoms with Crippen molar-refractivity contribution in [2.45, 2.75) is 58.3 Å². The van der Waals surface area contributed by atoms with E-state index < -0.39 is 11.8 Å². The van der Waals surface area contributed by atoms with Gasteiger partial charge in [0.2, 0.25) is 0 Å². The molecule has 0 aliphatic heterocycles. The van der Waals surface area contributed by atoms with Crippen LogP contribution in [0.1, 0.15) is 67.6 Å². The van der Waals surface area contributed by atoms with E-state index in [0.29, 0.717) is 11.0 Å². The Bertz CT molecular complexity index is 1140. The molecule has 0 saturated carbocycles. The maximum absolute atomic E-state index is 14.6. The van der Waals surface area contributed by atoms with E-state index >= 15 is 0 Å². The number of carbonyl (C=O) groups is 1. The van der Waals surface area contributed by atoms with Crippen LogP contribution in [0.3, 0.4) is 0 Å². The van der Waals surface area contributed by atoms with E-state index in [9.17, 15) is 9.18 Å². The van der Waals surface area contributed by atoms with E-state index in [1.54, 1.807) is 4.68 Å². The van der Waals surface area contributed by atoms with Gasteiger partial charge in [0.1, 0.15) is 11.3 Å². The number of rotatable bonds is 2. The lowest BCUT2D eigenvalue weighted by Crippen LogP contribution is -2.34. The van der Waals surface area contributed by atoms with Crippen molar-refractivity contribution in [2.75, 3.05) is 7.11 Å². The van der Waals surface area contributed by atoms with Crippen LogP contribution >= 0.6 is 0 Å². The molecule has 6 heteroatoms. The van der Waals surface area contributed by atoms with Gasteiger partial charge in [-0.25, -0.2) is 13.9 Å². The zero-order valence-corrected chi connectivity index (χ0v) is 17.8. The predicted molar refractivity (Wildman–Crippen MR) is 110 cm³/mol. The summed E-state index contributed by atoms with van der Waals surface area (Å²) < 4.78 is 20.9. The number of hydrogen-bond acceptors (Lipinski definition) is 4. The minimum absolute atomic E-state index is 0.0486. The zero-order chi connectivity index (χ0) is 21.1. The Balaban J connectivity index is 1.93. The highest BCUT2D eigenvalue weighted by Crippen LogP contribution is 2.47. The Morgan fingerprint density at radius 1 is 1.07 bits per heavy atom. The number of halogens is 1. The molecule has 0 atom stereocenters. The smallest absolute Gasteiger partial charge is 0.340 e. The Morgan fingerprint density at radius 2 is 1.69 bits per heavy atom. The van der Waals surface area contributed by atoms with E-state index in [-0.39, 0.29) is 16.4 Å². The Kier molecular flexibility index (Phi) is 4.30. The molecule has 29 heavy (non-hydrogen) atoms. The van der Waals surface area contributed by atoms with Gasteiger partial charge in [-0.1, -0.05) is 39.0 Å². The molecule has 1 aromatic heterocycles. The van der Waals surface area contributed by atoms with Crippen LogP contribution in [-0.4, -0.2) is 28.1 Å². The van der Waals surface area contributed by atoms with E-state index in [0.717, 1.165) is 24.1 Å². The normalized spacial score (nSPS) is 17.2. The topological polar surface area (TPSA) is 57.0 Å². The third kappa shape index (κ3) is 3.02. The molecule has 0 N–H and O–H groups in total. The summed E-state index contributed by atoms with van der Waals surface area (Å²) in [6.45, 7) is 11.1. The van der Waals surface area contributed by atoms with Crippen LogP contribution < -0.4 is 0 Å². The minimum atomic E-state index is -0.729. The number of esters is 1. The number of carbonyl (C=O) groups excluding carboxylic acids is 1. The van der Waals surface area contributed by atoms with Gasteiger partial charge in [0.25, 0.3) is 0 Å². The summed E-state index contributed by atoms with van der Waals surface area (Å²) in [5.74, 6) is -1.38. The standard InChI is InChI=1S/C23H26FN3O2/c1-13-9-15-16(23(4,5)8-7-22(15,2)3)11-19(13)27-20-12-17(24)14(21(28)29-6)10-18(20)25-26-27/h9-12H,7-8H2,1-6H3. The summed E-state index contributed by atoms with van der Waals surface area (Å²) in [5.41, 5.74) is 5.57. The molecule has 0 radical (unpaired) electrons. The fourth-order valence-corrected chi connectivity index (χ4v) is 4.33. The van der Waals surface area contributed by atoms with Gasteiger partial charge in [0, 0.05) is 6.07 Å². The van der Waals surface area contributed by atoms with Crippen molar-refractivity contribution in [3.63, 3.8) is 0 Å². The molecule has 1 heterocycles. The number of fused-ring (bicyclic) bond motifs is 2. The van der Waals surface area contributed by atoms with Crippen LogP contribution in [0.15, 0.2) is 24.3 Å². The minimum Gasteiger partial charge on any atom is -0.465 e. The Morgan fingerprint density at radius 3 is 2.31 bits per heavy atom. The molecule has 0 spiro atoms. The predicted octanol–water partition coefficient (Wildman–Crippen LogP) is 5.00. The average molecular weight is 395 g/mol. The number of ether oxygens (including phenoxy) is 1. The first-order valence-corrected chi connectivity index (χ1v) is 9.84. The average Bonchev–Trinajstić information content (AvgIpc) is 3.06. The van der Waals surface area contributed by atoms with Gasteiger partial charge < -0.3 is 4.74 Å². The molecule has 3 aromatic rings. The quantitative estimate of drug-likeness (QED) is 0.573. The molecule has 4 rings (SSSR count). The van der Waals surface area contributed by atoms with Gasteiger partial charge in [0.15, 0.2) is 0 Å². The van der Waals surface area contributed by atoms with Crippen LogP contribution in [0.4, 0.5) is 4.39 Å². The van der Waals surface area contributed by atoms with Crippen molar-refractivity contribution >= 4 is 17.0 Å². The lowest BCUT2D eigenvalue weighted by Gasteiger charge is -2.42. The molecule has 0 saturated heterocycles. The second-order valence-corrected chi connectivity index (χ2v) is 9.27. The maximum atomic E-state index is 14.6. The monoisotopic (exact) mass is 395 g/mol. The summed E-state index contributed by atoms with van der Waals surface area (Å²) in [7, 11) is 1.22. The van der Waals surface area contributed by atoms with Crippen molar-refractivity contribution in [3.8, 4) is 5.69 Å². The molecular weight excluding hydrogens is 369 g/mol. The molecule has 1 aliphatic rings. The van der Waals surface area contributed by atoms with Crippen LogP contribution in [0.5, 0.6) is 0 Å². The lowest BCUT2D eigenvalue weighted by molar-refractivity contribution is 0.0595. The summed E-state index contributed by atoms with van der Waals surface area (Å²) in [6, 6.07) is 7.10. The molecule has 1 aliphatic carbocycles. The second-order valence-electron chi connectivity index (χ2n) is 9.27. The van der Waals surface area contributed by atoms with Gasteiger partial charge in [0.05, 0.1) is 23.9 Å². The molecule has 0 unspecified atom stereocenters. The first-order chi connectivity index (χ1) is 13.5. The fraction of sp³-hybridized carbons (Fsp3) is 0.435. The Labute approximate surface area is 169 Å². The number of nitrogens with zero attached hydrogens (tertiary/aromatic N) is 3. The maximum Gasteiger partial charge on any atom is 0.340 e. The van der Waals surface area contributed by atoms with Crippen molar-refractivity contribution in [2.24, 2.45) is 0 Å². The molecule has 152 valence electrons. The molecule has 0 fully saturated rings. The van der Waals surface area contributed by atoms with Crippen molar-refractivity contribution in [1.29, 1.82) is 0 Å². The largest absolute Gasteiger partial charge is 0.465 e. The number of aromatic nitrogens is 3. The highest BCUT2D eigenvalue weighted by Gasteiger charge is 2.37. The number of hydrogen-bond donors (Lipinski definition) is 0. The third-order valence-corrected chi connectivity index (χ3v) is 6.34. The van der Waals surface area contributed by atoms with Crippen LogP contribution in [-0.2, 0) is 15.6 Å². The van der Waals surface area contributed by atoms with Crippen molar-refractivity contribution < 1.29 is 13.9 Å². The van der Waals surface area contributed by atoms with Gasteiger partial charge in [-0.3, -0.25) is 0 Å². The summed E-state index contributed by atoms with van der Waals surface area (Å²) >= 11 is 0. The van der Waals surface area contributed by atoms with Crippen LogP contribution in [0.25, 0.3) is 16.7 Å². The zero-order valence-electron chi connectivity index (χ0n) is 17.8. The summed E-state index contributed by atoms with van der Waals surface area (Å²) in [5, 5.41) is 8.44. The van der Waals surface area contributed by atoms with Crippen molar-refractivity contribution in [1.82, 2.24) is 15.0 Å². The van der Waals surface area contributed by atoms with Crippen LogP contribution in [0, 0.1) is 12.7 Å². The SMILES string of the molecule is COC(=O)c1cc2nnn(-c3cc4c(cc3C)C(C)(C)CCC4(C)C)c2cc1F. The van der Waals surface area contributed by atoms with E-state index in [1.807, 2.05) is 6.92 Å². The van der Waals surface area contributed by atoms with Gasteiger partial charge in [-0.2, -0.15) is 0 Å². The van der Waals surface area contributed by atoms with E-state index in [1.165, 1.54) is 30.4 Å². The fourth-order valence-electron chi connectivity index (χ4n) is 4.33. The molecule has 0 bridgehead atoms. The lowest BCUT2D eigenvalue weighted by atomic mass is 9.63. The number of aryl methyl sites for hydroxylation is 1. The van der Waals surface area contributed by atoms with Gasteiger partial charge >= 0.3 is 5.97 Å². The summed E-state index contributed by atoms with van der Waals surface area (Å²) in [4.78, 5) is 11.8. The Hall–Kier alpha value is -2.76. The first kappa shape index (κ1) is 19.6. The molecule has 2 aromatic carbocycles. The van der Waals surface area contributed by atoms with Gasteiger partial charge in [-0.15, -0.1) is 5.10 Å². The highest BCUT2D eigenvalue weighted by atomic mass is 19.1. The molecule has 5 nitrogen and oxygen atoms in total. The number of methoxy groups -OCH3 is 1. The molecular formula is C23H26FN3O2. The van der Waals surface area contributed by atoms with Crippen molar-refractivity contribution in [3.05, 3.63) is 52.3 Å². The third-order valence-electron chi connectivity index (χ3n) is 6.34. The summed E-state index contributed by atoms with van der Waals surface area (Å²) in [6.07, 6.45) is 2.24. The van der Waals surface area contributed by atoms with Crippen LogP contribution in [0.2, 0.25) is 0 Å². The highest BCUT2D eigenvalue weighted by molar-refractivity contribution is 5.94. The van der Waals surface area contributed by atoms with E-state index in [2.05, 4.69) is 54.9 Å². The number of benzene rings is 2. The molecule has 0 amide bonds. The van der Waals surface area contributed by atoms with E-state index in [4.69, 9.17) is 0 Å². The van der Waals surface area contributed by atoms with Gasteiger partial charge in [-0.05, 0) is 59.4 Å². The second kappa shape index (κ2) is 6.37.